The first-order valence-corrected chi connectivity index (χ1v) is 8.82. The Morgan fingerprint density at radius 2 is 2.21 bits per heavy atom. The van der Waals surface area contributed by atoms with Gasteiger partial charge in [-0.1, -0.05) is 19.9 Å². The Labute approximate surface area is 118 Å². The summed E-state index contributed by atoms with van der Waals surface area (Å²) >= 11 is 1.27. The summed E-state index contributed by atoms with van der Waals surface area (Å²) in [6.45, 7) is 4.96. The molecule has 1 aliphatic carbocycles. The summed E-state index contributed by atoms with van der Waals surface area (Å²) in [6.07, 6.45) is 1.17. The molecule has 1 aliphatic heterocycles. The zero-order valence-electron chi connectivity index (χ0n) is 11.4. The van der Waals surface area contributed by atoms with Gasteiger partial charge in [-0.3, -0.25) is 0 Å². The minimum atomic E-state index is -3.37. The third-order valence-corrected chi connectivity index (χ3v) is 7.77. The Hall–Kier alpha value is -0.430. The molecule has 0 radical (unpaired) electrons. The summed E-state index contributed by atoms with van der Waals surface area (Å²) < 4.78 is 32.9. The normalized spacial score (nSPS) is 33.2. The molecule has 3 atom stereocenters. The summed E-state index contributed by atoms with van der Waals surface area (Å²) in [5, 5.41) is 1.80. The molecule has 0 amide bonds. The number of thiophene rings is 1. The van der Waals surface area contributed by atoms with Crippen LogP contribution in [0.3, 0.4) is 0 Å². The monoisotopic (exact) mass is 301 g/mol. The highest BCUT2D eigenvalue weighted by molar-refractivity contribution is 7.91. The van der Waals surface area contributed by atoms with Gasteiger partial charge in [0.1, 0.15) is 4.21 Å². The van der Waals surface area contributed by atoms with Gasteiger partial charge in [-0.15, -0.1) is 11.3 Å². The maximum Gasteiger partial charge on any atom is 0.252 e. The van der Waals surface area contributed by atoms with Crippen LogP contribution in [0.15, 0.2) is 21.7 Å². The van der Waals surface area contributed by atoms with Crippen LogP contribution in [0.4, 0.5) is 0 Å². The first-order valence-electron chi connectivity index (χ1n) is 6.50. The van der Waals surface area contributed by atoms with Gasteiger partial charge in [-0.2, -0.15) is 4.31 Å². The molecule has 2 heterocycles. The molecule has 1 saturated carbocycles. The van der Waals surface area contributed by atoms with Crippen molar-refractivity contribution in [2.24, 2.45) is 11.3 Å². The van der Waals surface area contributed by atoms with Gasteiger partial charge >= 0.3 is 0 Å². The van der Waals surface area contributed by atoms with E-state index in [2.05, 4.69) is 13.8 Å². The molecular formula is C13H19NO3S2. The van der Waals surface area contributed by atoms with E-state index in [9.17, 15) is 8.42 Å². The first kappa shape index (κ1) is 13.5. The van der Waals surface area contributed by atoms with Crippen molar-refractivity contribution in [3.05, 3.63) is 17.5 Å². The Morgan fingerprint density at radius 3 is 2.84 bits per heavy atom. The fourth-order valence-electron chi connectivity index (χ4n) is 3.74. The van der Waals surface area contributed by atoms with Crippen LogP contribution in [0.25, 0.3) is 0 Å². The highest BCUT2D eigenvalue weighted by Gasteiger charge is 2.62. The summed E-state index contributed by atoms with van der Waals surface area (Å²) in [7, 11) is -1.66. The second-order valence-electron chi connectivity index (χ2n) is 5.96. The predicted molar refractivity (Wildman–Crippen MR) is 74.7 cm³/mol. The van der Waals surface area contributed by atoms with E-state index < -0.39 is 10.0 Å². The van der Waals surface area contributed by atoms with Crippen LogP contribution in [0.5, 0.6) is 0 Å². The second kappa shape index (κ2) is 4.28. The SMILES string of the molecule is CN([C@H]1[C@H]2CCO[C@@H]2C1(C)C)S(=O)(=O)c1cccs1. The van der Waals surface area contributed by atoms with E-state index in [0.717, 1.165) is 13.0 Å². The van der Waals surface area contributed by atoms with Crippen LogP contribution in [-0.2, 0) is 14.8 Å². The zero-order valence-corrected chi connectivity index (χ0v) is 13.0. The molecule has 1 aromatic rings. The van der Waals surface area contributed by atoms with Crippen molar-refractivity contribution in [2.45, 2.75) is 36.6 Å². The van der Waals surface area contributed by atoms with Crippen LogP contribution in [0.1, 0.15) is 20.3 Å². The van der Waals surface area contributed by atoms with Crippen LogP contribution >= 0.6 is 11.3 Å². The van der Waals surface area contributed by atoms with Crippen molar-refractivity contribution in [3.63, 3.8) is 0 Å². The van der Waals surface area contributed by atoms with Gasteiger partial charge in [0.05, 0.1) is 6.10 Å². The van der Waals surface area contributed by atoms with E-state index in [1.54, 1.807) is 28.9 Å². The maximum atomic E-state index is 12.6. The number of sulfonamides is 1. The molecule has 6 heteroatoms. The van der Waals surface area contributed by atoms with Gasteiger partial charge in [0.25, 0.3) is 10.0 Å². The van der Waals surface area contributed by atoms with Gasteiger partial charge in [0, 0.05) is 31.0 Å². The largest absolute Gasteiger partial charge is 0.377 e. The number of hydrogen-bond donors (Lipinski definition) is 0. The Balaban J connectivity index is 1.91. The van der Waals surface area contributed by atoms with Crippen LogP contribution < -0.4 is 0 Å². The Bertz CT molecular complexity index is 565. The van der Waals surface area contributed by atoms with Crippen molar-refractivity contribution in [1.29, 1.82) is 0 Å². The lowest BCUT2D eigenvalue weighted by Gasteiger charge is -2.57. The number of rotatable bonds is 3. The second-order valence-corrected chi connectivity index (χ2v) is 9.14. The van der Waals surface area contributed by atoms with Gasteiger partial charge in [0.2, 0.25) is 0 Å². The van der Waals surface area contributed by atoms with Crippen molar-refractivity contribution < 1.29 is 13.2 Å². The van der Waals surface area contributed by atoms with Crippen molar-refractivity contribution in [1.82, 2.24) is 4.31 Å². The van der Waals surface area contributed by atoms with Gasteiger partial charge in [0.15, 0.2) is 0 Å². The van der Waals surface area contributed by atoms with E-state index >= 15 is 0 Å². The van der Waals surface area contributed by atoms with E-state index in [1.807, 2.05) is 0 Å². The molecule has 2 fully saturated rings. The Morgan fingerprint density at radius 1 is 1.47 bits per heavy atom. The number of ether oxygens (including phenoxy) is 1. The molecule has 3 rings (SSSR count). The zero-order chi connectivity index (χ0) is 13.8. The Kier molecular flexibility index (Phi) is 3.05. The fourth-order valence-corrected chi connectivity index (χ4v) is 6.45. The van der Waals surface area contributed by atoms with Crippen LogP contribution in [0.2, 0.25) is 0 Å². The van der Waals surface area contributed by atoms with Crippen molar-refractivity contribution in [3.8, 4) is 0 Å². The van der Waals surface area contributed by atoms with Gasteiger partial charge < -0.3 is 4.74 Å². The number of nitrogens with zero attached hydrogens (tertiary/aromatic N) is 1. The molecule has 1 aromatic heterocycles. The van der Waals surface area contributed by atoms with Crippen LogP contribution in [-0.4, -0.2) is 38.5 Å². The third-order valence-electron chi connectivity index (χ3n) is 4.56. The molecule has 106 valence electrons. The smallest absolute Gasteiger partial charge is 0.252 e. The molecule has 0 N–H and O–H groups in total. The molecule has 0 bridgehead atoms. The minimum absolute atomic E-state index is 0.0344. The lowest BCUT2D eigenvalue weighted by molar-refractivity contribution is -0.131. The quantitative estimate of drug-likeness (QED) is 0.859. The summed E-state index contributed by atoms with van der Waals surface area (Å²) in [5.74, 6) is 0.342. The van der Waals surface area contributed by atoms with Gasteiger partial charge in [-0.25, -0.2) is 8.42 Å². The summed E-state index contributed by atoms with van der Waals surface area (Å²) in [4.78, 5) is 0. The molecule has 4 nitrogen and oxygen atoms in total. The highest BCUT2D eigenvalue weighted by atomic mass is 32.2. The fraction of sp³-hybridized carbons (Fsp3) is 0.692. The first-order chi connectivity index (χ1) is 8.87. The molecule has 2 aliphatic rings. The minimum Gasteiger partial charge on any atom is -0.377 e. The predicted octanol–water partition coefficient (Wildman–Crippen LogP) is 2.18. The van der Waals surface area contributed by atoms with E-state index in [-0.39, 0.29) is 17.6 Å². The average molecular weight is 301 g/mol. The molecule has 0 spiro atoms. The molecule has 19 heavy (non-hydrogen) atoms. The lowest BCUT2D eigenvalue weighted by atomic mass is 9.57. The summed E-state index contributed by atoms with van der Waals surface area (Å²) in [5.41, 5.74) is -0.111. The van der Waals surface area contributed by atoms with E-state index in [1.165, 1.54) is 11.3 Å². The highest BCUT2D eigenvalue weighted by Crippen LogP contribution is 2.55. The molecule has 0 aromatic carbocycles. The summed E-state index contributed by atoms with van der Waals surface area (Å²) in [6, 6.07) is 3.48. The topological polar surface area (TPSA) is 46.6 Å². The number of hydrogen-bond acceptors (Lipinski definition) is 4. The molecule has 1 saturated heterocycles. The van der Waals surface area contributed by atoms with E-state index in [4.69, 9.17) is 4.74 Å². The van der Waals surface area contributed by atoms with Crippen molar-refractivity contribution in [2.75, 3.05) is 13.7 Å². The van der Waals surface area contributed by atoms with E-state index in [0.29, 0.717) is 10.1 Å². The van der Waals surface area contributed by atoms with Crippen LogP contribution in [0, 0.1) is 11.3 Å². The molecular weight excluding hydrogens is 282 g/mol. The lowest BCUT2D eigenvalue weighted by Crippen LogP contribution is -2.66. The molecule has 0 unspecified atom stereocenters. The average Bonchev–Trinajstić information content (AvgIpc) is 2.98. The van der Waals surface area contributed by atoms with Crippen molar-refractivity contribution >= 4 is 21.4 Å². The standard InChI is InChI=1S/C13H19NO3S2/c1-13(2)11(9-6-7-17-12(9)13)14(3)19(15,16)10-5-4-8-18-10/h4-5,8-9,11-12H,6-7H2,1-3H3/t9-,11+,12+/m1/s1. The van der Waals surface area contributed by atoms with Gasteiger partial charge in [-0.05, 0) is 17.9 Å². The maximum absolute atomic E-state index is 12.6. The third kappa shape index (κ3) is 1.81. The number of fused-ring (bicyclic) bond motifs is 1.